The van der Waals surface area contributed by atoms with Crippen molar-refractivity contribution in [2.75, 3.05) is 23.3 Å². The number of rotatable bonds is 10. The molecule has 2 N–H and O–H groups in total. The summed E-state index contributed by atoms with van der Waals surface area (Å²) in [5.74, 6) is 0.471. The van der Waals surface area contributed by atoms with Crippen LogP contribution in [-0.2, 0) is 14.8 Å². The summed E-state index contributed by atoms with van der Waals surface area (Å²) >= 11 is 0. The highest BCUT2D eigenvalue weighted by Crippen LogP contribution is 2.21. The maximum atomic E-state index is 12.6. The Morgan fingerprint density at radius 3 is 2.12 bits per heavy atom. The van der Waals surface area contributed by atoms with Gasteiger partial charge in [0.1, 0.15) is 11.5 Å². The minimum atomic E-state index is -3.79. The topological polar surface area (TPSA) is 111 Å². The molecule has 0 fully saturated rings. The Hall–Kier alpha value is -3.85. The molecule has 0 spiro atoms. The summed E-state index contributed by atoms with van der Waals surface area (Å²) in [7, 11) is -3.79. The Morgan fingerprint density at radius 1 is 0.848 bits per heavy atom. The first kappa shape index (κ1) is 23.8. The zero-order chi connectivity index (χ0) is 23.8. The van der Waals surface area contributed by atoms with Crippen molar-refractivity contribution < 1.29 is 27.5 Å². The third kappa shape index (κ3) is 6.81. The van der Waals surface area contributed by atoms with Crippen LogP contribution >= 0.6 is 0 Å². The lowest BCUT2D eigenvalue weighted by Crippen LogP contribution is -2.20. The molecule has 8 nitrogen and oxygen atoms in total. The largest absolute Gasteiger partial charge is 0.494 e. The van der Waals surface area contributed by atoms with Crippen LogP contribution in [0.5, 0.6) is 11.5 Å². The van der Waals surface area contributed by atoms with Crippen LogP contribution in [0.3, 0.4) is 0 Å². The minimum Gasteiger partial charge on any atom is -0.494 e. The Morgan fingerprint density at radius 2 is 1.48 bits per heavy atom. The predicted molar refractivity (Wildman–Crippen MR) is 125 cm³/mol. The van der Waals surface area contributed by atoms with Gasteiger partial charge < -0.3 is 14.8 Å². The van der Waals surface area contributed by atoms with E-state index in [9.17, 15) is 18.0 Å². The van der Waals surface area contributed by atoms with E-state index in [0.29, 0.717) is 35.0 Å². The summed E-state index contributed by atoms with van der Waals surface area (Å²) in [5, 5.41) is 2.65. The van der Waals surface area contributed by atoms with Crippen LogP contribution in [-0.4, -0.2) is 33.3 Å². The van der Waals surface area contributed by atoms with Crippen molar-refractivity contribution in [1.82, 2.24) is 0 Å². The molecule has 3 aromatic carbocycles. The van der Waals surface area contributed by atoms with Crippen LogP contribution in [0.1, 0.15) is 24.2 Å². The van der Waals surface area contributed by atoms with E-state index in [0.717, 1.165) is 0 Å². The van der Waals surface area contributed by atoms with E-state index in [4.69, 9.17) is 9.47 Å². The molecule has 9 heteroatoms. The number of benzene rings is 3. The van der Waals surface area contributed by atoms with Crippen LogP contribution in [0.25, 0.3) is 0 Å². The molecule has 0 aliphatic rings. The zero-order valence-electron chi connectivity index (χ0n) is 18.2. The molecule has 0 saturated heterocycles. The van der Waals surface area contributed by atoms with Crippen molar-refractivity contribution in [1.29, 1.82) is 0 Å². The van der Waals surface area contributed by atoms with Gasteiger partial charge in [-0.25, -0.2) is 8.42 Å². The number of Topliss-reactive ketones (excluding diaryl/α,β-unsaturated/α-hetero) is 1. The Labute approximate surface area is 192 Å². The third-order valence-electron chi connectivity index (χ3n) is 4.47. The standard InChI is InChI=1S/C24H24N2O6S/c1-3-31-21-9-7-19(8-10-21)26-33(29,30)23-13-11-22(12-14-23)32-16-24(28)25-20-6-4-5-18(15-20)17(2)27/h4-15,26H,3,16H2,1-2H3,(H,25,28). The summed E-state index contributed by atoms with van der Waals surface area (Å²) in [6.45, 7) is 3.56. The second-order valence-electron chi connectivity index (χ2n) is 7.01. The average molecular weight is 469 g/mol. The molecular formula is C24H24N2O6S. The molecule has 0 bridgehead atoms. The molecule has 33 heavy (non-hydrogen) atoms. The molecule has 0 atom stereocenters. The number of ether oxygens (including phenoxy) is 2. The number of amides is 1. The van der Waals surface area contributed by atoms with E-state index in [1.165, 1.54) is 31.2 Å². The average Bonchev–Trinajstić information content (AvgIpc) is 2.79. The van der Waals surface area contributed by atoms with E-state index < -0.39 is 15.9 Å². The van der Waals surface area contributed by atoms with Gasteiger partial charge >= 0.3 is 0 Å². The number of anilines is 2. The third-order valence-corrected chi connectivity index (χ3v) is 5.87. The first-order chi connectivity index (χ1) is 15.8. The van der Waals surface area contributed by atoms with Crippen molar-refractivity contribution in [3.05, 3.63) is 78.4 Å². The fraction of sp³-hybridized carbons (Fsp3) is 0.167. The predicted octanol–water partition coefficient (Wildman–Crippen LogP) is 4.11. The van der Waals surface area contributed by atoms with Crippen LogP contribution in [0.15, 0.2) is 77.7 Å². The van der Waals surface area contributed by atoms with Crippen molar-refractivity contribution >= 4 is 33.1 Å². The lowest BCUT2D eigenvalue weighted by Gasteiger charge is -2.11. The molecule has 0 saturated carbocycles. The van der Waals surface area contributed by atoms with Gasteiger partial charge in [0.05, 0.1) is 11.5 Å². The summed E-state index contributed by atoms with van der Waals surface area (Å²) in [5.41, 5.74) is 1.38. The van der Waals surface area contributed by atoms with Gasteiger partial charge in [-0.2, -0.15) is 0 Å². The minimum absolute atomic E-state index is 0.0502. The van der Waals surface area contributed by atoms with Crippen LogP contribution < -0.4 is 19.5 Å². The molecule has 3 aromatic rings. The summed E-state index contributed by atoms with van der Waals surface area (Å²) in [6, 6.07) is 18.9. The molecule has 3 rings (SSSR count). The number of hydrogen-bond donors (Lipinski definition) is 2. The molecule has 0 aliphatic carbocycles. The van der Waals surface area contributed by atoms with Gasteiger partial charge in [0.15, 0.2) is 12.4 Å². The maximum Gasteiger partial charge on any atom is 0.262 e. The first-order valence-electron chi connectivity index (χ1n) is 10.2. The molecule has 0 unspecified atom stereocenters. The lowest BCUT2D eigenvalue weighted by molar-refractivity contribution is -0.118. The number of carbonyl (C=O) groups is 2. The van der Waals surface area contributed by atoms with E-state index in [2.05, 4.69) is 10.0 Å². The van der Waals surface area contributed by atoms with Gasteiger partial charge in [-0.3, -0.25) is 14.3 Å². The molecular weight excluding hydrogens is 444 g/mol. The fourth-order valence-electron chi connectivity index (χ4n) is 2.88. The van der Waals surface area contributed by atoms with E-state index in [-0.39, 0.29) is 17.3 Å². The normalized spacial score (nSPS) is 10.8. The van der Waals surface area contributed by atoms with E-state index in [1.54, 1.807) is 48.5 Å². The highest BCUT2D eigenvalue weighted by molar-refractivity contribution is 7.92. The van der Waals surface area contributed by atoms with E-state index >= 15 is 0 Å². The number of sulfonamides is 1. The number of carbonyl (C=O) groups excluding carboxylic acids is 2. The maximum absolute atomic E-state index is 12.6. The zero-order valence-corrected chi connectivity index (χ0v) is 19.0. The van der Waals surface area contributed by atoms with Crippen LogP contribution in [0, 0.1) is 0 Å². The summed E-state index contributed by atoms with van der Waals surface area (Å²) < 4.78 is 38.5. The fourth-order valence-corrected chi connectivity index (χ4v) is 3.94. The Kier molecular flexibility index (Phi) is 7.68. The summed E-state index contributed by atoms with van der Waals surface area (Å²) in [4.78, 5) is 23.6. The number of ketones is 1. The molecule has 0 heterocycles. The van der Waals surface area contributed by atoms with Crippen LogP contribution in [0.4, 0.5) is 11.4 Å². The quantitative estimate of drug-likeness (QED) is 0.433. The van der Waals surface area contributed by atoms with Gasteiger partial charge in [-0.15, -0.1) is 0 Å². The summed E-state index contributed by atoms with van der Waals surface area (Å²) in [6.07, 6.45) is 0. The Bertz CT molecular complexity index is 1220. The highest BCUT2D eigenvalue weighted by Gasteiger charge is 2.15. The van der Waals surface area contributed by atoms with Crippen LogP contribution in [0.2, 0.25) is 0 Å². The highest BCUT2D eigenvalue weighted by atomic mass is 32.2. The molecule has 0 aromatic heterocycles. The van der Waals surface area contributed by atoms with Gasteiger partial charge in [-0.05, 0) is 74.5 Å². The second-order valence-corrected chi connectivity index (χ2v) is 8.69. The Balaban J connectivity index is 1.56. The number of hydrogen-bond acceptors (Lipinski definition) is 6. The smallest absolute Gasteiger partial charge is 0.262 e. The monoisotopic (exact) mass is 468 g/mol. The number of nitrogens with one attached hydrogen (secondary N) is 2. The second kappa shape index (κ2) is 10.6. The molecule has 0 aliphatic heterocycles. The van der Waals surface area contributed by atoms with Gasteiger partial charge in [0.2, 0.25) is 0 Å². The van der Waals surface area contributed by atoms with Crippen molar-refractivity contribution in [2.24, 2.45) is 0 Å². The van der Waals surface area contributed by atoms with Gasteiger partial charge in [-0.1, -0.05) is 12.1 Å². The SMILES string of the molecule is CCOc1ccc(NS(=O)(=O)c2ccc(OCC(=O)Nc3cccc(C(C)=O)c3)cc2)cc1. The molecule has 1 amide bonds. The molecule has 0 radical (unpaired) electrons. The first-order valence-corrected chi connectivity index (χ1v) is 11.6. The van der Waals surface area contributed by atoms with Gasteiger partial charge in [0.25, 0.3) is 15.9 Å². The van der Waals surface area contributed by atoms with Crippen molar-refractivity contribution in [3.8, 4) is 11.5 Å². The van der Waals surface area contributed by atoms with Crippen molar-refractivity contribution in [2.45, 2.75) is 18.7 Å². The lowest BCUT2D eigenvalue weighted by atomic mass is 10.1. The molecule has 172 valence electrons. The van der Waals surface area contributed by atoms with Crippen molar-refractivity contribution in [3.63, 3.8) is 0 Å². The van der Waals surface area contributed by atoms with Gasteiger partial charge in [0, 0.05) is 16.9 Å². The van der Waals surface area contributed by atoms with E-state index in [1.807, 2.05) is 6.92 Å².